The monoisotopic (exact) mass is 398 g/mol. The van der Waals surface area contributed by atoms with E-state index in [4.69, 9.17) is 31.9 Å². The van der Waals surface area contributed by atoms with Gasteiger partial charge in [-0.05, 0) is 50.4 Å². The maximum atomic E-state index is 11.0. The molecular formula is C18H26N2O8. The molecular weight excluding hydrogens is 372 g/mol. The number of hydrogen-bond acceptors (Lipinski definition) is 6. The lowest BCUT2D eigenvalue weighted by Crippen LogP contribution is -2.53. The highest BCUT2D eigenvalue weighted by Crippen LogP contribution is 2.54. The van der Waals surface area contributed by atoms with Crippen molar-refractivity contribution < 1.29 is 39.6 Å². The van der Waals surface area contributed by atoms with Crippen LogP contribution in [0.3, 0.4) is 0 Å². The van der Waals surface area contributed by atoms with Crippen molar-refractivity contribution in [1.29, 1.82) is 0 Å². The number of nitrogens with two attached hydrogens (primary N) is 2. The Bertz CT molecular complexity index is 666. The van der Waals surface area contributed by atoms with Gasteiger partial charge in [0.25, 0.3) is 0 Å². The van der Waals surface area contributed by atoms with E-state index in [2.05, 4.69) is 0 Å². The highest BCUT2D eigenvalue weighted by molar-refractivity contribution is 5.84. The van der Waals surface area contributed by atoms with Gasteiger partial charge in [0.05, 0.1) is 11.8 Å². The summed E-state index contributed by atoms with van der Waals surface area (Å²) in [6.45, 7) is 0. The first-order valence-corrected chi connectivity index (χ1v) is 9.43. The molecule has 4 rings (SSSR count). The molecule has 156 valence electrons. The van der Waals surface area contributed by atoms with Gasteiger partial charge in [-0.25, -0.2) is 0 Å². The largest absolute Gasteiger partial charge is 0.481 e. The molecule has 0 aromatic heterocycles. The third-order valence-corrected chi connectivity index (χ3v) is 7.47. The fraction of sp³-hybridized carbons (Fsp3) is 0.778. The summed E-state index contributed by atoms with van der Waals surface area (Å²) >= 11 is 0. The lowest BCUT2D eigenvalue weighted by atomic mass is 9.81. The van der Waals surface area contributed by atoms with Crippen molar-refractivity contribution >= 4 is 23.9 Å². The standard InChI is InChI=1S/2C9H13NO4/c2*10-9(8(13)14)3-4-1-2-5(9)6(4)7(11)12/h2*4-6H,1-3,10H2,(H,11,12)(H,13,14). The normalized spacial score (nSPS) is 45.4. The minimum Gasteiger partial charge on any atom is -0.481 e. The van der Waals surface area contributed by atoms with Gasteiger partial charge in [-0.1, -0.05) is 0 Å². The predicted molar refractivity (Wildman–Crippen MR) is 93.0 cm³/mol. The van der Waals surface area contributed by atoms with Crippen molar-refractivity contribution in [2.75, 3.05) is 0 Å². The van der Waals surface area contributed by atoms with Crippen LogP contribution in [0.4, 0.5) is 0 Å². The number of carboxylic acid groups (broad SMARTS) is 4. The summed E-state index contributed by atoms with van der Waals surface area (Å²) in [7, 11) is 0. The van der Waals surface area contributed by atoms with Gasteiger partial charge in [0.2, 0.25) is 0 Å². The van der Waals surface area contributed by atoms with Crippen molar-refractivity contribution in [2.45, 2.75) is 49.6 Å². The molecule has 0 aromatic carbocycles. The fourth-order valence-electron chi connectivity index (χ4n) is 6.19. The third-order valence-electron chi connectivity index (χ3n) is 7.47. The Balaban J connectivity index is 0.000000161. The zero-order valence-electron chi connectivity index (χ0n) is 15.3. The molecule has 8 N–H and O–H groups in total. The Labute approximate surface area is 160 Å². The van der Waals surface area contributed by atoms with Gasteiger partial charge < -0.3 is 31.9 Å². The minimum atomic E-state index is -1.30. The van der Waals surface area contributed by atoms with Crippen molar-refractivity contribution in [2.24, 2.45) is 47.0 Å². The van der Waals surface area contributed by atoms with Crippen LogP contribution in [-0.4, -0.2) is 55.4 Å². The van der Waals surface area contributed by atoms with E-state index >= 15 is 0 Å². The Morgan fingerprint density at radius 3 is 1.14 bits per heavy atom. The van der Waals surface area contributed by atoms with Crippen molar-refractivity contribution in [3.8, 4) is 0 Å². The molecule has 0 radical (unpaired) electrons. The molecule has 4 aliphatic carbocycles. The molecule has 4 bridgehead atoms. The second kappa shape index (κ2) is 6.70. The topological polar surface area (TPSA) is 201 Å². The van der Waals surface area contributed by atoms with Gasteiger partial charge >= 0.3 is 23.9 Å². The zero-order chi connectivity index (χ0) is 21.0. The molecule has 8 atom stereocenters. The summed E-state index contributed by atoms with van der Waals surface area (Å²) in [5.41, 5.74) is 8.91. The average molecular weight is 398 g/mol. The summed E-state index contributed by atoms with van der Waals surface area (Å²) in [6.07, 6.45) is 3.48. The number of carbonyl (C=O) groups is 4. The summed E-state index contributed by atoms with van der Waals surface area (Å²) in [5, 5.41) is 35.9. The van der Waals surface area contributed by atoms with E-state index in [0.29, 0.717) is 25.7 Å². The Kier molecular flexibility index (Phi) is 4.91. The summed E-state index contributed by atoms with van der Waals surface area (Å²) in [4.78, 5) is 43.8. The number of hydrogen-bond donors (Lipinski definition) is 6. The molecule has 0 aliphatic heterocycles. The van der Waals surface area contributed by atoms with Crippen molar-refractivity contribution in [3.63, 3.8) is 0 Å². The van der Waals surface area contributed by atoms with Crippen molar-refractivity contribution in [3.05, 3.63) is 0 Å². The molecule has 0 amide bonds. The van der Waals surface area contributed by atoms with Gasteiger partial charge in [0.15, 0.2) is 0 Å². The van der Waals surface area contributed by atoms with E-state index in [-0.39, 0.29) is 23.7 Å². The van der Waals surface area contributed by atoms with E-state index in [1.807, 2.05) is 0 Å². The predicted octanol–water partition coefficient (Wildman–Crippen LogP) is -0.202. The Morgan fingerprint density at radius 2 is 0.964 bits per heavy atom. The van der Waals surface area contributed by atoms with Crippen LogP contribution in [0.15, 0.2) is 0 Å². The molecule has 10 nitrogen and oxygen atoms in total. The fourth-order valence-corrected chi connectivity index (χ4v) is 6.19. The van der Waals surface area contributed by atoms with Gasteiger partial charge in [0.1, 0.15) is 11.1 Å². The van der Waals surface area contributed by atoms with E-state index in [0.717, 1.165) is 12.8 Å². The highest BCUT2D eigenvalue weighted by atomic mass is 16.4. The molecule has 0 aromatic rings. The molecule has 10 heteroatoms. The second-order valence-corrected chi connectivity index (χ2v) is 8.72. The molecule has 8 unspecified atom stereocenters. The van der Waals surface area contributed by atoms with Gasteiger partial charge in [0, 0.05) is 11.8 Å². The number of aliphatic carboxylic acids is 4. The van der Waals surface area contributed by atoms with E-state index in [9.17, 15) is 19.2 Å². The first kappa shape index (κ1) is 20.5. The number of rotatable bonds is 4. The number of fused-ring (bicyclic) bond motifs is 4. The van der Waals surface area contributed by atoms with Crippen LogP contribution < -0.4 is 11.5 Å². The van der Waals surface area contributed by atoms with Crippen LogP contribution in [0, 0.1) is 35.5 Å². The summed E-state index contributed by atoms with van der Waals surface area (Å²) < 4.78 is 0. The van der Waals surface area contributed by atoms with Crippen LogP contribution in [-0.2, 0) is 19.2 Å². The molecule has 4 saturated carbocycles. The first-order chi connectivity index (χ1) is 12.9. The van der Waals surface area contributed by atoms with Crippen molar-refractivity contribution in [1.82, 2.24) is 0 Å². The summed E-state index contributed by atoms with van der Waals surface area (Å²) in [6, 6.07) is 0. The average Bonchev–Trinajstić information content (AvgIpc) is 3.31. The molecule has 0 saturated heterocycles. The molecule has 4 fully saturated rings. The first-order valence-electron chi connectivity index (χ1n) is 9.43. The molecule has 0 spiro atoms. The van der Waals surface area contributed by atoms with Crippen LogP contribution in [0.2, 0.25) is 0 Å². The quantitative estimate of drug-likeness (QED) is 0.368. The van der Waals surface area contributed by atoms with Gasteiger partial charge in [-0.2, -0.15) is 0 Å². The minimum absolute atomic E-state index is 0.0430. The molecule has 4 aliphatic rings. The zero-order valence-corrected chi connectivity index (χ0v) is 15.3. The van der Waals surface area contributed by atoms with Crippen LogP contribution >= 0.6 is 0 Å². The van der Waals surface area contributed by atoms with E-state index in [1.54, 1.807) is 0 Å². The lowest BCUT2D eigenvalue weighted by molar-refractivity contribution is -0.149. The number of carboxylic acids is 4. The Hall–Kier alpha value is -2.20. The SMILES string of the molecule is NC1(C(=O)O)CC2CCC1C2C(=O)O.NC1(C(=O)O)CC2CCC1C2C(=O)O. The smallest absolute Gasteiger partial charge is 0.324 e. The third kappa shape index (κ3) is 2.86. The lowest BCUT2D eigenvalue weighted by Gasteiger charge is -2.29. The van der Waals surface area contributed by atoms with Gasteiger partial charge in [-0.15, -0.1) is 0 Å². The van der Waals surface area contributed by atoms with Crippen LogP contribution in [0.25, 0.3) is 0 Å². The van der Waals surface area contributed by atoms with Gasteiger partial charge in [-0.3, -0.25) is 19.2 Å². The van der Waals surface area contributed by atoms with Crippen LogP contribution in [0.1, 0.15) is 38.5 Å². The summed E-state index contributed by atoms with van der Waals surface area (Å²) in [5.74, 6) is -5.86. The van der Waals surface area contributed by atoms with E-state index < -0.39 is 46.8 Å². The highest BCUT2D eigenvalue weighted by Gasteiger charge is 2.62. The maximum Gasteiger partial charge on any atom is 0.324 e. The van der Waals surface area contributed by atoms with Crippen LogP contribution in [0.5, 0.6) is 0 Å². The Morgan fingerprint density at radius 1 is 0.643 bits per heavy atom. The molecule has 0 heterocycles. The molecule has 28 heavy (non-hydrogen) atoms. The van der Waals surface area contributed by atoms with E-state index in [1.165, 1.54) is 0 Å². The maximum absolute atomic E-state index is 11.0. The second-order valence-electron chi connectivity index (χ2n) is 8.72.